The predicted molar refractivity (Wildman–Crippen MR) is 104 cm³/mol. The van der Waals surface area contributed by atoms with Gasteiger partial charge >= 0.3 is 0 Å². The van der Waals surface area contributed by atoms with Crippen molar-refractivity contribution in [1.82, 2.24) is 14.8 Å². The summed E-state index contributed by atoms with van der Waals surface area (Å²) in [7, 11) is 0. The number of carbonyl (C=O) groups excluding carboxylic acids is 2. The van der Waals surface area contributed by atoms with E-state index in [1.165, 1.54) is 15.8 Å². The molecule has 5 rings (SSSR count). The molecule has 1 aromatic heterocycles. The van der Waals surface area contributed by atoms with Crippen LogP contribution in [0.5, 0.6) is 0 Å². The van der Waals surface area contributed by atoms with Crippen LogP contribution < -0.4 is 0 Å². The lowest BCUT2D eigenvalue weighted by Gasteiger charge is -2.35. The van der Waals surface area contributed by atoms with E-state index in [0.717, 1.165) is 38.0 Å². The second-order valence-corrected chi connectivity index (χ2v) is 7.39. The van der Waals surface area contributed by atoms with Crippen LogP contribution in [0.2, 0.25) is 0 Å². The lowest BCUT2D eigenvalue weighted by atomic mass is 10.0. The lowest BCUT2D eigenvalue weighted by Crippen LogP contribution is -2.47. The molecule has 1 fully saturated rings. The molecule has 2 aromatic carbocycles. The van der Waals surface area contributed by atoms with Gasteiger partial charge < -0.3 is 4.98 Å². The van der Waals surface area contributed by atoms with E-state index < -0.39 is 0 Å². The van der Waals surface area contributed by atoms with Gasteiger partial charge in [-0.05, 0) is 36.6 Å². The van der Waals surface area contributed by atoms with Crippen molar-refractivity contribution in [3.05, 3.63) is 71.4 Å². The van der Waals surface area contributed by atoms with Gasteiger partial charge in [0.15, 0.2) is 0 Å². The maximum atomic E-state index is 12.7. The molecule has 0 atom stereocenters. The number of carbonyl (C=O) groups is 2. The maximum absolute atomic E-state index is 12.7. The molecule has 0 radical (unpaired) electrons. The number of likely N-dealkylation sites (tertiary alicyclic amines) is 1. The molecule has 1 N–H and O–H groups in total. The van der Waals surface area contributed by atoms with Crippen molar-refractivity contribution >= 4 is 22.7 Å². The highest BCUT2D eigenvalue weighted by atomic mass is 16.2. The molecule has 136 valence electrons. The Bertz CT molecular complexity index is 996. The van der Waals surface area contributed by atoms with Gasteiger partial charge in [-0.2, -0.15) is 0 Å². The van der Waals surface area contributed by atoms with Gasteiger partial charge in [-0.1, -0.05) is 30.3 Å². The normalized spacial score (nSPS) is 18.4. The Hall–Kier alpha value is -2.92. The minimum absolute atomic E-state index is 0.00313. The first-order valence-corrected chi connectivity index (χ1v) is 9.46. The number of imide groups is 1. The molecule has 0 bridgehead atoms. The number of rotatable bonds is 3. The SMILES string of the molecule is O=C1c2ccccc2C(=O)N1C1CCN(Cc2c[nH]c3ccccc23)CC1. The van der Waals surface area contributed by atoms with Crippen molar-refractivity contribution < 1.29 is 9.59 Å². The monoisotopic (exact) mass is 359 g/mol. The summed E-state index contributed by atoms with van der Waals surface area (Å²) in [6.07, 6.45) is 3.74. The van der Waals surface area contributed by atoms with Crippen LogP contribution in [-0.4, -0.2) is 45.7 Å². The van der Waals surface area contributed by atoms with E-state index in [0.29, 0.717) is 11.1 Å². The van der Waals surface area contributed by atoms with Crippen LogP contribution in [0.15, 0.2) is 54.7 Å². The number of piperidine rings is 1. The van der Waals surface area contributed by atoms with Gasteiger partial charge in [-0.3, -0.25) is 19.4 Å². The molecule has 5 nitrogen and oxygen atoms in total. The third-order valence-electron chi connectivity index (χ3n) is 5.82. The molecule has 0 unspecified atom stereocenters. The van der Waals surface area contributed by atoms with E-state index in [1.54, 1.807) is 12.1 Å². The topological polar surface area (TPSA) is 56.4 Å². The Kier molecular flexibility index (Phi) is 3.83. The van der Waals surface area contributed by atoms with Gasteiger partial charge in [0.2, 0.25) is 0 Å². The van der Waals surface area contributed by atoms with Gasteiger partial charge in [0.05, 0.1) is 11.1 Å². The first kappa shape index (κ1) is 16.3. The number of benzene rings is 2. The first-order chi connectivity index (χ1) is 13.2. The Labute approximate surface area is 157 Å². The summed E-state index contributed by atoms with van der Waals surface area (Å²) in [5, 5.41) is 1.26. The number of aromatic amines is 1. The highest BCUT2D eigenvalue weighted by Gasteiger charge is 2.40. The maximum Gasteiger partial charge on any atom is 0.261 e. The van der Waals surface area contributed by atoms with Gasteiger partial charge in [0, 0.05) is 42.8 Å². The quantitative estimate of drug-likeness (QED) is 0.729. The van der Waals surface area contributed by atoms with Gasteiger partial charge in [0.1, 0.15) is 0 Å². The minimum atomic E-state index is -0.134. The fourth-order valence-corrected chi connectivity index (χ4v) is 4.38. The molecule has 1 saturated heterocycles. The molecule has 0 saturated carbocycles. The molecule has 27 heavy (non-hydrogen) atoms. The Morgan fingerprint density at radius 2 is 1.52 bits per heavy atom. The second-order valence-electron chi connectivity index (χ2n) is 7.39. The van der Waals surface area contributed by atoms with E-state index in [4.69, 9.17) is 0 Å². The average molecular weight is 359 g/mol. The molecule has 2 aliphatic heterocycles. The first-order valence-electron chi connectivity index (χ1n) is 9.46. The Balaban J connectivity index is 1.27. The summed E-state index contributed by atoms with van der Waals surface area (Å²) in [5.41, 5.74) is 3.55. The van der Waals surface area contributed by atoms with E-state index >= 15 is 0 Å². The van der Waals surface area contributed by atoms with Crippen molar-refractivity contribution in [2.24, 2.45) is 0 Å². The third kappa shape index (κ3) is 2.66. The van der Waals surface area contributed by atoms with Crippen LogP contribution in [0.1, 0.15) is 39.1 Å². The number of fused-ring (bicyclic) bond motifs is 2. The fraction of sp³-hybridized carbons (Fsp3) is 0.273. The van der Waals surface area contributed by atoms with E-state index in [2.05, 4.69) is 34.3 Å². The zero-order valence-electron chi connectivity index (χ0n) is 15.0. The van der Waals surface area contributed by atoms with Crippen LogP contribution in [-0.2, 0) is 6.54 Å². The number of hydrogen-bond acceptors (Lipinski definition) is 3. The van der Waals surface area contributed by atoms with E-state index in [-0.39, 0.29) is 17.9 Å². The van der Waals surface area contributed by atoms with E-state index in [9.17, 15) is 9.59 Å². The molecule has 0 spiro atoms. The molecule has 2 aliphatic rings. The summed E-state index contributed by atoms with van der Waals surface area (Å²) >= 11 is 0. The third-order valence-corrected chi connectivity index (χ3v) is 5.82. The molecule has 0 aliphatic carbocycles. The number of nitrogens with one attached hydrogen (secondary N) is 1. The summed E-state index contributed by atoms with van der Waals surface area (Å²) in [6.45, 7) is 2.66. The highest BCUT2D eigenvalue weighted by Crippen LogP contribution is 2.29. The predicted octanol–water partition coefficient (Wildman–Crippen LogP) is 3.43. The van der Waals surface area contributed by atoms with Crippen LogP contribution in [0.3, 0.4) is 0 Å². The van der Waals surface area contributed by atoms with Crippen molar-refractivity contribution in [2.45, 2.75) is 25.4 Å². The van der Waals surface area contributed by atoms with Crippen LogP contribution in [0.4, 0.5) is 0 Å². The molecular weight excluding hydrogens is 338 g/mol. The molecule has 2 amide bonds. The standard InChI is InChI=1S/C22H21N3O2/c26-21-18-6-1-2-7-19(18)22(27)25(21)16-9-11-24(12-10-16)14-15-13-23-20-8-4-3-5-17(15)20/h1-8,13,16,23H,9-12,14H2. The fourth-order valence-electron chi connectivity index (χ4n) is 4.38. The number of hydrogen-bond donors (Lipinski definition) is 1. The number of aromatic nitrogens is 1. The average Bonchev–Trinajstić information content (AvgIpc) is 3.23. The number of nitrogens with zero attached hydrogens (tertiary/aromatic N) is 2. The lowest BCUT2D eigenvalue weighted by molar-refractivity contribution is 0.0498. The molecular formula is C22H21N3O2. The van der Waals surface area contributed by atoms with Crippen LogP contribution >= 0.6 is 0 Å². The van der Waals surface area contributed by atoms with E-state index in [1.807, 2.05) is 18.2 Å². The second kappa shape index (κ2) is 6.35. The number of para-hydroxylation sites is 1. The van der Waals surface area contributed by atoms with Crippen molar-refractivity contribution in [1.29, 1.82) is 0 Å². The summed E-state index contributed by atoms with van der Waals surface area (Å²) < 4.78 is 0. The molecule has 5 heteroatoms. The Morgan fingerprint density at radius 3 is 2.22 bits per heavy atom. The largest absolute Gasteiger partial charge is 0.361 e. The smallest absolute Gasteiger partial charge is 0.261 e. The number of H-pyrrole nitrogens is 1. The van der Waals surface area contributed by atoms with Gasteiger partial charge in [0.25, 0.3) is 11.8 Å². The minimum Gasteiger partial charge on any atom is -0.361 e. The van der Waals surface area contributed by atoms with Gasteiger partial charge in [-0.25, -0.2) is 0 Å². The Morgan fingerprint density at radius 1 is 0.889 bits per heavy atom. The van der Waals surface area contributed by atoms with Crippen LogP contribution in [0.25, 0.3) is 10.9 Å². The van der Waals surface area contributed by atoms with Crippen molar-refractivity contribution in [3.8, 4) is 0 Å². The van der Waals surface area contributed by atoms with Gasteiger partial charge in [-0.15, -0.1) is 0 Å². The summed E-state index contributed by atoms with van der Waals surface area (Å²) in [6, 6.07) is 15.5. The summed E-state index contributed by atoms with van der Waals surface area (Å²) in [4.78, 5) is 32.6. The molecule has 3 heterocycles. The van der Waals surface area contributed by atoms with Crippen molar-refractivity contribution in [3.63, 3.8) is 0 Å². The highest BCUT2D eigenvalue weighted by molar-refractivity contribution is 6.21. The molecule has 3 aromatic rings. The zero-order valence-corrected chi connectivity index (χ0v) is 15.0. The number of amides is 2. The zero-order chi connectivity index (χ0) is 18.4. The van der Waals surface area contributed by atoms with Crippen LogP contribution in [0, 0.1) is 0 Å². The summed E-state index contributed by atoms with van der Waals surface area (Å²) in [5.74, 6) is -0.267. The van der Waals surface area contributed by atoms with Crippen molar-refractivity contribution in [2.75, 3.05) is 13.1 Å².